The minimum Gasteiger partial charge on any atom is -0.291 e. The summed E-state index contributed by atoms with van der Waals surface area (Å²) in [6, 6.07) is 59.5. The number of imidazole rings is 1. The Kier molecular flexibility index (Phi) is 5.65. The molecule has 12 rings (SSSR count). The summed E-state index contributed by atoms with van der Waals surface area (Å²) in [6.07, 6.45) is 0. The topological polar surface area (TPSA) is 30.2 Å². The standard InChI is InChI=1S/C48H27N3S/c1-2-9-33-24-35-26-44-42(25-34(35)23-32(33)8-1)50-48-47-40(38-11-5-6-12-45(38)52-47)27-43(51(44)48)30-15-13-29(14-16-30)41-22-19-31-18-20-37-36-10-4-3-7-28(36)17-21-39(37)46(31)49-41/h1-27H. The van der Waals surface area contributed by atoms with E-state index in [4.69, 9.17) is 9.97 Å². The molecule has 0 spiro atoms. The Morgan fingerprint density at radius 2 is 1.10 bits per heavy atom. The zero-order valence-corrected chi connectivity index (χ0v) is 28.7. The van der Waals surface area contributed by atoms with Gasteiger partial charge in [0.1, 0.15) is 0 Å². The minimum absolute atomic E-state index is 0.968. The van der Waals surface area contributed by atoms with Crippen molar-refractivity contribution in [2.24, 2.45) is 0 Å². The average Bonchev–Trinajstić information content (AvgIpc) is 3.77. The Morgan fingerprint density at radius 3 is 1.94 bits per heavy atom. The lowest BCUT2D eigenvalue weighted by molar-refractivity contribution is 1.25. The Balaban J connectivity index is 1.07. The van der Waals surface area contributed by atoms with Crippen molar-refractivity contribution in [3.63, 3.8) is 0 Å². The molecule has 0 bridgehead atoms. The first-order valence-corrected chi connectivity index (χ1v) is 18.5. The third-order valence-electron chi connectivity index (χ3n) is 10.9. The van der Waals surface area contributed by atoms with Gasteiger partial charge in [0.2, 0.25) is 0 Å². The van der Waals surface area contributed by atoms with E-state index in [9.17, 15) is 0 Å². The third-order valence-corrected chi connectivity index (χ3v) is 12.1. The number of thiophene rings is 1. The van der Waals surface area contributed by atoms with Gasteiger partial charge in [-0.3, -0.25) is 4.40 Å². The van der Waals surface area contributed by atoms with Crippen LogP contribution in [0.4, 0.5) is 0 Å². The van der Waals surface area contributed by atoms with Crippen LogP contribution in [0.2, 0.25) is 0 Å². The molecule has 0 fully saturated rings. The molecule has 0 aliphatic carbocycles. The number of benzene rings is 8. The van der Waals surface area contributed by atoms with E-state index >= 15 is 0 Å². The number of aromatic nitrogens is 3. The molecule has 0 saturated heterocycles. The molecule has 0 unspecified atom stereocenters. The lowest BCUT2D eigenvalue weighted by Crippen LogP contribution is -1.93. The highest BCUT2D eigenvalue weighted by atomic mass is 32.1. The van der Waals surface area contributed by atoms with Crippen LogP contribution in [-0.2, 0) is 0 Å². The predicted molar refractivity (Wildman–Crippen MR) is 222 cm³/mol. The van der Waals surface area contributed by atoms with Crippen molar-refractivity contribution >= 4 is 102 Å². The maximum absolute atomic E-state index is 5.36. The summed E-state index contributed by atoms with van der Waals surface area (Å²) >= 11 is 1.83. The van der Waals surface area contributed by atoms with Gasteiger partial charge in [0.25, 0.3) is 0 Å². The van der Waals surface area contributed by atoms with Gasteiger partial charge in [-0.1, -0.05) is 121 Å². The number of hydrogen-bond donors (Lipinski definition) is 0. The SMILES string of the molecule is c1ccc2cc3cc4c(cc3cc2c1)nc1c2sc3ccccc3c2cc(-c2ccc(-c3ccc5ccc6c7ccccc7ccc6c5n3)cc2)n41. The second-order valence-corrected chi connectivity index (χ2v) is 14.9. The van der Waals surface area contributed by atoms with Crippen LogP contribution < -0.4 is 0 Å². The quantitative estimate of drug-likeness (QED) is 0.135. The fourth-order valence-electron chi connectivity index (χ4n) is 8.35. The highest BCUT2D eigenvalue weighted by molar-refractivity contribution is 7.26. The second kappa shape index (κ2) is 10.5. The van der Waals surface area contributed by atoms with Gasteiger partial charge in [0.15, 0.2) is 5.65 Å². The van der Waals surface area contributed by atoms with E-state index in [0.717, 1.165) is 50.1 Å². The van der Waals surface area contributed by atoms with Gasteiger partial charge in [-0.05, 0) is 85.7 Å². The summed E-state index contributed by atoms with van der Waals surface area (Å²) in [7, 11) is 0. The normalized spacial score (nSPS) is 12.2. The summed E-state index contributed by atoms with van der Waals surface area (Å²) in [5.74, 6) is 0. The highest BCUT2D eigenvalue weighted by Gasteiger charge is 2.19. The van der Waals surface area contributed by atoms with Gasteiger partial charge >= 0.3 is 0 Å². The van der Waals surface area contributed by atoms with E-state index in [2.05, 4.69) is 168 Å². The molecule has 4 heteroatoms. The van der Waals surface area contributed by atoms with Crippen molar-refractivity contribution in [1.82, 2.24) is 14.4 Å². The fraction of sp³-hybridized carbons (Fsp3) is 0. The zero-order valence-electron chi connectivity index (χ0n) is 27.8. The molecular formula is C48H27N3S. The molecule has 0 aliphatic rings. The molecule has 0 aliphatic heterocycles. The van der Waals surface area contributed by atoms with Crippen molar-refractivity contribution in [1.29, 1.82) is 0 Å². The molecule has 4 heterocycles. The van der Waals surface area contributed by atoms with Gasteiger partial charge in [0.05, 0.1) is 32.6 Å². The summed E-state index contributed by atoms with van der Waals surface area (Å²) in [5, 5.41) is 13.5. The van der Waals surface area contributed by atoms with Crippen molar-refractivity contribution < 1.29 is 0 Å². The van der Waals surface area contributed by atoms with Crippen LogP contribution in [0.25, 0.3) is 113 Å². The van der Waals surface area contributed by atoms with Crippen LogP contribution >= 0.6 is 11.3 Å². The molecule has 3 nitrogen and oxygen atoms in total. The predicted octanol–water partition coefficient (Wildman–Crippen LogP) is 13.4. The maximum Gasteiger partial charge on any atom is 0.156 e. The van der Waals surface area contributed by atoms with Crippen molar-refractivity contribution in [3.8, 4) is 22.5 Å². The molecule has 240 valence electrons. The van der Waals surface area contributed by atoms with Gasteiger partial charge < -0.3 is 0 Å². The van der Waals surface area contributed by atoms with E-state index in [1.165, 1.54) is 63.3 Å². The number of fused-ring (bicyclic) bond motifs is 14. The Bertz CT molecular complexity index is 3460. The molecule has 0 amide bonds. The molecule has 0 radical (unpaired) electrons. The Morgan fingerprint density at radius 1 is 0.423 bits per heavy atom. The number of rotatable bonds is 2. The highest BCUT2D eigenvalue weighted by Crippen LogP contribution is 2.41. The Hall–Kier alpha value is -6.62. The fourth-order valence-corrected chi connectivity index (χ4v) is 9.51. The summed E-state index contributed by atoms with van der Waals surface area (Å²) in [6.45, 7) is 0. The summed E-state index contributed by atoms with van der Waals surface area (Å²) in [4.78, 5) is 10.6. The first-order chi connectivity index (χ1) is 25.7. The van der Waals surface area contributed by atoms with E-state index in [0.29, 0.717) is 0 Å². The lowest BCUT2D eigenvalue weighted by atomic mass is 9.99. The van der Waals surface area contributed by atoms with Gasteiger partial charge in [-0.25, -0.2) is 9.97 Å². The van der Waals surface area contributed by atoms with Crippen LogP contribution in [0.15, 0.2) is 164 Å². The van der Waals surface area contributed by atoms with Crippen molar-refractivity contribution in [2.45, 2.75) is 0 Å². The number of nitrogens with zero attached hydrogens (tertiary/aromatic N) is 3. The number of pyridine rings is 2. The first-order valence-electron chi connectivity index (χ1n) is 17.6. The maximum atomic E-state index is 5.36. The van der Waals surface area contributed by atoms with Crippen molar-refractivity contribution in [3.05, 3.63) is 164 Å². The van der Waals surface area contributed by atoms with Crippen molar-refractivity contribution in [2.75, 3.05) is 0 Å². The van der Waals surface area contributed by atoms with Gasteiger partial charge in [-0.15, -0.1) is 11.3 Å². The lowest BCUT2D eigenvalue weighted by Gasteiger charge is -2.11. The first kappa shape index (κ1) is 28.1. The van der Waals surface area contributed by atoms with Crippen LogP contribution in [-0.4, -0.2) is 14.4 Å². The molecule has 0 atom stereocenters. The largest absolute Gasteiger partial charge is 0.291 e. The monoisotopic (exact) mass is 677 g/mol. The van der Waals surface area contributed by atoms with E-state index in [1.807, 2.05) is 11.3 Å². The van der Waals surface area contributed by atoms with Gasteiger partial charge in [0, 0.05) is 31.8 Å². The molecule has 52 heavy (non-hydrogen) atoms. The Labute approximate surface area is 301 Å². The van der Waals surface area contributed by atoms with Crippen LogP contribution in [0.3, 0.4) is 0 Å². The van der Waals surface area contributed by atoms with E-state index in [1.54, 1.807) is 0 Å². The van der Waals surface area contributed by atoms with E-state index < -0.39 is 0 Å². The van der Waals surface area contributed by atoms with E-state index in [-0.39, 0.29) is 0 Å². The zero-order chi connectivity index (χ0) is 33.9. The third kappa shape index (κ3) is 4.01. The summed E-state index contributed by atoms with van der Waals surface area (Å²) in [5.41, 5.74) is 8.49. The average molecular weight is 678 g/mol. The van der Waals surface area contributed by atoms with Gasteiger partial charge in [-0.2, -0.15) is 0 Å². The molecule has 12 aromatic rings. The number of hydrogen-bond acceptors (Lipinski definition) is 3. The molecule has 8 aromatic carbocycles. The smallest absolute Gasteiger partial charge is 0.156 e. The molecule has 0 N–H and O–H groups in total. The molecular weight excluding hydrogens is 651 g/mol. The second-order valence-electron chi connectivity index (χ2n) is 13.8. The summed E-state index contributed by atoms with van der Waals surface area (Å²) < 4.78 is 4.87. The van der Waals surface area contributed by atoms with Crippen LogP contribution in [0, 0.1) is 0 Å². The molecule has 4 aromatic heterocycles. The van der Waals surface area contributed by atoms with Crippen LogP contribution in [0.5, 0.6) is 0 Å². The minimum atomic E-state index is 0.968. The molecule has 0 saturated carbocycles. The van der Waals surface area contributed by atoms with Crippen LogP contribution in [0.1, 0.15) is 0 Å².